The van der Waals surface area contributed by atoms with E-state index in [2.05, 4.69) is 15.4 Å². The minimum Gasteiger partial charge on any atom is -0.310 e. The number of hydrogen-bond acceptors (Lipinski definition) is 3. The van der Waals surface area contributed by atoms with Crippen LogP contribution < -0.4 is 10.9 Å². The van der Waals surface area contributed by atoms with Gasteiger partial charge in [0.25, 0.3) is 5.56 Å². The molecule has 0 unspecified atom stereocenters. The second-order valence-corrected chi connectivity index (χ2v) is 6.58. The van der Waals surface area contributed by atoms with Crippen molar-refractivity contribution < 1.29 is 0 Å². The zero-order valence-corrected chi connectivity index (χ0v) is 13.9. The van der Waals surface area contributed by atoms with Crippen LogP contribution >= 0.6 is 0 Å². The minimum absolute atomic E-state index is 0.0370. The molecule has 0 atom stereocenters. The lowest BCUT2D eigenvalue weighted by Gasteiger charge is -2.11. The van der Waals surface area contributed by atoms with Gasteiger partial charge in [-0.05, 0) is 38.0 Å². The van der Waals surface area contributed by atoms with Crippen LogP contribution in [0, 0.1) is 6.92 Å². The second kappa shape index (κ2) is 6.24. The molecule has 1 aromatic carbocycles. The molecule has 0 aliphatic heterocycles. The van der Waals surface area contributed by atoms with Gasteiger partial charge in [0.2, 0.25) is 0 Å². The number of aromatic nitrogens is 3. The Balaban J connectivity index is 1.70. The molecule has 0 amide bonds. The Morgan fingerprint density at radius 1 is 1.25 bits per heavy atom. The lowest BCUT2D eigenvalue weighted by molar-refractivity contribution is 0.522. The topological polar surface area (TPSA) is 62.7 Å². The molecule has 0 saturated heterocycles. The molecule has 1 aliphatic carbocycles. The largest absolute Gasteiger partial charge is 0.310 e. The predicted molar refractivity (Wildman–Crippen MR) is 95.5 cm³/mol. The van der Waals surface area contributed by atoms with Crippen molar-refractivity contribution in [1.29, 1.82) is 0 Å². The highest BCUT2D eigenvalue weighted by molar-refractivity contribution is 5.80. The van der Waals surface area contributed by atoms with E-state index in [4.69, 9.17) is 0 Å². The number of aryl methyl sites for hydroxylation is 1. The third-order valence-corrected chi connectivity index (χ3v) is 4.89. The molecule has 2 heterocycles. The first kappa shape index (κ1) is 15.1. The van der Waals surface area contributed by atoms with Gasteiger partial charge in [0.05, 0.1) is 11.4 Å². The first-order valence-electron chi connectivity index (χ1n) is 8.63. The summed E-state index contributed by atoms with van der Waals surface area (Å²) in [6.45, 7) is 2.60. The first-order valence-corrected chi connectivity index (χ1v) is 8.63. The van der Waals surface area contributed by atoms with Crippen molar-refractivity contribution in [2.75, 3.05) is 0 Å². The molecule has 124 valence electrons. The minimum atomic E-state index is -0.0370. The highest BCUT2D eigenvalue weighted by Gasteiger charge is 2.16. The average molecular weight is 322 g/mol. The molecule has 0 radical (unpaired) electrons. The molecule has 1 aliphatic rings. The molecule has 3 aromatic rings. The maximum absolute atomic E-state index is 12.5. The van der Waals surface area contributed by atoms with E-state index < -0.39 is 0 Å². The number of aromatic amines is 1. The molecule has 0 spiro atoms. The van der Waals surface area contributed by atoms with Gasteiger partial charge < -0.3 is 10.3 Å². The smallest absolute Gasteiger partial charge is 0.254 e. The van der Waals surface area contributed by atoms with Gasteiger partial charge in [0.1, 0.15) is 5.65 Å². The van der Waals surface area contributed by atoms with Crippen molar-refractivity contribution in [3.8, 4) is 5.69 Å². The fourth-order valence-electron chi connectivity index (χ4n) is 3.53. The number of nitrogens with one attached hydrogen (secondary N) is 2. The van der Waals surface area contributed by atoms with E-state index in [1.54, 1.807) is 4.68 Å². The number of hydrogen-bond donors (Lipinski definition) is 2. The summed E-state index contributed by atoms with van der Waals surface area (Å²) >= 11 is 0. The van der Waals surface area contributed by atoms with E-state index >= 15 is 0 Å². The summed E-state index contributed by atoms with van der Waals surface area (Å²) in [6.07, 6.45) is 5.00. The van der Waals surface area contributed by atoms with Crippen molar-refractivity contribution >= 4 is 11.0 Å². The number of H-pyrrole nitrogens is 1. The van der Waals surface area contributed by atoms with Crippen LogP contribution in [0.25, 0.3) is 16.7 Å². The van der Waals surface area contributed by atoms with E-state index in [0.717, 1.165) is 28.0 Å². The number of rotatable bonds is 4. The molecule has 1 saturated carbocycles. The van der Waals surface area contributed by atoms with Gasteiger partial charge in [-0.3, -0.25) is 4.79 Å². The lowest BCUT2D eigenvalue weighted by Crippen LogP contribution is -2.28. The molecule has 1 fully saturated rings. The summed E-state index contributed by atoms with van der Waals surface area (Å²) < 4.78 is 1.81. The van der Waals surface area contributed by atoms with Gasteiger partial charge >= 0.3 is 0 Å². The summed E-state index contributed by atoms with van der Waals surface area (Å²) in [5.41, 5.74) is 3.37. The Morgan fingerprint density at radius 3 is 2.75 bits per heavy atom. The fourth-order valence-corrected chi connectivity index (χ4v) is 3.53. The molecular weight excluding hydrogens is 300 g/mol. The van der Waals surface area contributed by atoms with Crippen LogP contribution in [0.2, 0.25) is 0 Å². The Morgan fingerprint density at radius 2 is 2.00 bits per heavy atom. The lowest BCUT2D eigenvalue weighted by atomic mass is 10.2. The number of fused-ring (bicyclic) bond motifs is 1. The van der Waals surface area contributed by atoms with Crippen LogP contribution in [-0.2, 0) is 6.54 Å². The number of benzene rings is 1. The molecule has 2 aromatic heterocycles. The highest BCUT2D eigenvalue weighted by atomic mass is 16.1. The summed E-state index contributed by atoms with van der Waals surface area (Å²) in [4.78, 5) is 15.5. The Bertz CT molecular complexity index is 904. The highest BCUT2D eigenvalue weighted by Crippen LogP contribution is 2.21. The van der Waals surface area contributed by atoms with E-state index in [9.17, 15) is 4.79 Å². The SMILES string of the molecule is Cc1nn(-c2ccccc2)c2[nH]c(=O)c(CNC3CCCC3)cc12. The monoisotopic (exact) mass is 322 g/mol. The standard InChI is InChI=1S/C19H22N4O/c1-13-17-11-14(12-20-15-7-5-6-8-15)19(24)21-18(17)23(22-13)16-9-3-2-4-10-16/h2-4,9-11,15,20H,5-8,12H2,1H3,(H,21,24). The van der Waals surface area contributed by atoms with Gasteiger partial charge in [0.15, 0.2) is 0 Å². The molecule has 5 heteroatoms. The van der Waals surface area contributed by atoms with Crippen LogP contribution in [0.15, 0.2) is 41.2 Å². The molecule has 24 heavy (non-hydrogen) atoms. The third-order valence-electron chi connectivity index (χ3n) is 4.89. The third kappa shape index (κ3) is 2.76. The Kier molecular flexibility index (Phi) is 3.94. The summed E-state index contributed by atoms with van der Waals surface area (Å²) in [5.74, 6) is 0. The van der Waals surface area contributed by atoms with Crippen LogP contribution in [0.5, 0.6) is 0 Å². The van der Waals surface area contributed by atoms with Gasteiger partial charge in [-0.1, -0.05) is 31.0 Å². The normalized spacial score (nSPS) is 15.4. The van der Waals surface area contributed by atoms with Crippen molar-refractivity contribution in [2.45, 2.75) is 45.2 Å². The summed E-state index contributed by atoms with van der Waals surface area (Å²) in [5, 5.41) is 9.12. The van der Waals surface area contributed by atoms with Crippen LogP contribution in [-0.4, -0.2) is 20.8 Å². The van der Waals surface area contributed by atoms with Crippen molar-refractivity contribution in [3.63, 3.8) is 0 Å². The van der Waals surface area contributed by atoms with Crippen LogP contribution in [0.1, 0.15) is 36.9 Å². The number of para-hydroxylation sites is 1. The van der Waals surface area contributed by atoms with E-state index in [-0.39, 0.29) is 5.56 Å². The number of nitrogens with zero attached hydrogens (tertiary/aromatic N) is 2. The molecule has 2 N–H and O–H groups in total. The zero-order valence-electron chi connectivity index (χ0n) is 13.9. The molecule has 4 rings (SSSR count). The average Bonchev–Trinajstić information content (AvgIpc) is 3.22. The fraction of sp³-hybridized carbons (Fsp3) is 0.368. The summed E-state index contributed by atoms with van der Waals surface area (Å²) in [7, 11) is 0. The van der Waals surface area contributed by atoms with Gasteiger partial charge in [-0.15, -0.1) is 0 Å². The van der Waals surface area contributed by atoms with Gasteiger partial charge in [-0.25, -0.2) is 4.68 Å². The summed E-state index contributed by atoms with van der Waals surface area (Å²) in [6, 6.07) is 12.4. The van der Waals surface area contributed by atoms with Crippen molar-refractivity contribution in [1.82, 2.24) is 20.1 Å². The quantitative estimate of drug-likeness (QED) is 0.776. The van der Waals surface area contributed by atoms with Crippen LogP contribution in [0.4, 0.5) is 0 Å². The van der Waals surface area contributed by atoms with Gasteiger partial charge in [0, 0.05) is 23.5 Å². The Labute approximate surface area is 140 Å². The number of pyridine rings is 1. The second-order valence-electron chi connectivity index (χ2n) is 6.58. The van der Waals surface area contributed by atoms with Crippen molar-refractivity contribution in [2.24, 2.45) is 0 Å². The molecule has 5 nitrogen and oxygen atoms in total. The first-order chi connectivity index (χ1) is 11.7. The maximum Gasteiger partial charge on any atom is 0.254 e. The van der Waals surface area contributed by atoms with E-state index in [0.29, 0.717) is 12.6 Å². The zero-order chi connectivity index (χ0) is 16.5. The van der Waals surface area contributed by atoms with Crippen LogP contribution in [0.3, 0.4) is 0 Å². The Hall–Kier alpha value is -2.40. The predicted octanol–water partition coefficient (Wildman–Crippen LogP) is 3.05. The maximum atomic E-state index is 12.5. The van der Waals surface area contributed by atoms with Crippen molar-refractivity contribution in [3.05, 3.63) is 58.0 Å². The molecular formula is C19H22N4O. The molecule has 0 bridgehead atoms. The van der Waals surface area contributed by atoms with E-state index in [1.165, 1.54) is 25.7 Å². The van der Waals surface area contributed by atoms with E-state index in [1.807, 2.05) is 43.3 Å². The van der Waals surface area contributed by atoms with Gasteiger partial charge in [-0.2, -0.15) is 5.10 Å².